The molecule has 0 saturated heterocycles. The molecule has 0 saturated carbocycles. The molecule has 1 N–H and O–H groups in total. The number of pyridine rings is 1. The van der Waals surface area contributed by atoms with Gasteiger partial charge in [-0.2, -0.15) is 0 Å². The van der Waals surface area contributed by atoms with Gasteiger partial charge < -0.3 is 14.6 Å². The van der Waals surface area contributed by atoms with Crippen LogP contribution in [-0.4, -0.2) is 32.2 Å². The van der Waals surface area contributed by atoms with Gasteiger partial charge in [0.15, 0.2) is 0 Å². The third kappa shape index (κ3) is 6.18. The van der Waals surface area contributed by atoms with E-state index in [0.29, 0.717) is 0 Å². The van der Waals surface area contributed by atoms with Crippen LogP contribution >= 0.6 is 0 Å². The molecule has 1 unspecified atom stereocenters. The van der Waals surface area contributed by atoms with Crippen molar-refractivity contribution in [3.8, 4) is 11.8 Å². The molecule has 0 aliphatic carbocycles. The van der Waals surface area contributed by atoms with Crippen LogP contribution in [0.2, 0.25) is 0 Å². The lowest BCUT2D eigenvalue weighted by Gasteiger charge is -2.05. The summed E-state index contributed by atoms with van der Waals surface area (Å²) in [5.74, 6) is 3.50. The molecule has 0 aliphatic rings. The largest absolute Gasteiger partial charge is 0.768 e. The quantitative estimate of drug-likeness (QED) is 0.367. The van der Waals surface area contributed by atoms with Crippen molar-refractivity contribution >= 4 is 23.0 Å². The Morgan fingerprint density at radius 1 is 1.20 bits per heavy atom. The first-order valence-corrected chi connectivity index (χ1v) is 8.17. The second-order valence-corrected chi connectivity index (χ2v) is 5.60. The van der Waals surface area contributed by atoms with E-state index in [4.69, 9.17) is 4.74 Å². The zero-order valence-electron chi connectivity index (χ0n) is 12.9. The van der Waals surface area contributed by atoms with Crippen molar-refractivity contribution in [2.75, 3.05) is 6.54 Å². The summed E-state index contributed by atoms with van der Waals surface area (Å²) in [5.41, 5.74) is 0.891. The average molecular weight is 357 g/mol. The predicted octanol–water partition coefficient (Wildman–Crippen LogP) is 0.796. The summed E-state index contributed by atoms with van der Waals surface area (Å²) in [7, 11) is 0. The molecule has 1 heterocycles. The van der Waals surface area contributed by atoms with Crippen LogP contribution in [0.4, 0.5) is 0 Å². The minimum atomic E-state index is -2.40. The van der Waals surface area contributed by atoms with E-state index >= 15 is 0 Å². The summed E-state index contributed by atoms with van der Waals surface area (Å²) in [6.07, 6.45) is 1.07. The third-order valence-electron chi connectivity index (χ3n) is 2.90. The van der Waals surface area contributed by atoms with E-state index < -0.39 is 23.0 Å². The summed E-state index contributed by atoms with van der Waals surface area (Å²) in [5, 5.41) is 2.44. The number of rotatable bonds is 5. The molecule has 0 bridgehead atoms. The maximum atomic E-state index is 11.8. The molecule has 8 heteroatoms. The van der Waals surface area contributed by atoms with Gasteiger partial charge in [0.1, 0.15) is 12.3 Å². The highest BCUT2D eigenvalue weighted by Gasteiger charge is 2.06. The van der Waals surface area contributed by atoms with Crippen molar-refractivity contribution < 1.29 is 23.1 Å². The van der Waals surface area contributed by atoms with Crippen molar-refractivity contribution in [3.63, 3.8) is 0 Å². The summed E-state index contributed by atoms with van der Waals surface area (Å²) < 4.78 is 26.4. The Balaban J connectivity index is 1.76. The Morgan fingerprint density at radius 3 is 2.60 bits per heavy atom. The Kier molecular flexibility index (Phi) is 6.83. The SMILES string of the molecule is O=C(C#CCNC(=O)c1ccc(S(=O)[O-])cn1)OCc1ccccc1. The molecule has 1 aromatic carbocycles. The molecule has 128 valence electrons. The topological polar surface area (TPSA) is 108 Å². The average Bonchev–Trinajstić information content (AvgIpc) is 2.64. The van der Waals surface area contributed by atoms with Crippen LogP contribution in [0.1, 0.15) is 16.1 Å². The number of nitrogens with one attached hydrogen (secondary N) is 1. The number of ether oxygens (including phenoxy) is 1. The Hall–Kier alpha value is -3.02. The maximum absolute atomic E-state index is 11.8. The van der Waals surface area contributed by atoms with Crippen molar-refractivity contribution in [1.29, 1.82) is 0 Å². The molecule has 2 rings (SSSR count). The molecule has 0 aliphatic heterocycles. The first-order chi connectivity index (χ1) is 12.1. The van der Waals surface area contributed by atoms with E-state index in [1.807, 2.05) is 30.3 Å². The lowest BCUT2D eigenvalue weighted by atomic mass is 10.2. The highest BCUT2D eigenvalue weighted by Crippen LogP contribution is 2.03. The zero-order valence-corrected chi connectivity index (χ0v) is 13.7. The fourth-order valence-corrected chi connectivity index (χ4v) is 2.02. The van der Waals surface area contributed by atoms with E-state index in [2.05, 4.69) is 22.1 Å². The number of nitrogens with zero attached hydrogens (tertiary/aromatic N) is 1. The van der Waals surface area contributed by atoms with E-state index in [1.165, 1.54) is 12.1 Å². The van der Waals surface area contributed by atoms with Crippen LogP contribution in [0, 0.1) is 11.8 Å². The van der Waals surface area contributed by atoms with Gasteiger partial charge in [-0.1, -0.05) is 36.3 Å². The fraction of sp³-hybridized carbons (Fsp3) is 0.118. The highest BCUT2D eigenvalue weighted by atomic mass is 32.2. The van der Waals surface area contributed by atoms with Crippen LogP contribution < -0.4 is 5.32 Å². The van der Waals surface area contributed by atoms with Gasteiger partial charge in [-0.15, -0.1) is 0 Å². The molecule has 25 heavy (non-hydrogen) atoms. The normalized spacial score (nSPS) is 10.9. The molecular weight excluding hydrogens is 344 g/mol. The third-order valence-corrected chi connectivity index (χ3v) is 3.53. The fourth-order valence-electron chi connectivity index (χ4n) is 1.70. The number of carbonyl (C=O) groups excluding carboxylic acids is 2. The monoisotopic (exact) mass is 357 g/mol. The molecule has 0 fully saturated rings. The van der Waals surface area contributed by atoms with Crippen molar-refractivity contribution in [3.05, 3.63) is 59.9 Å². The van der Waals surface area contributed by atoms with Crippen molar-refractivity contribution in [1.82, 2.24) is 10.3 Å². The summed E-state index contributed by atoms with van der Waals surface area (Å²) in [4.78, 5) is 26.9. The molecule has 1 atom stereocenters. The number of carbonyl (C=O) groups is 2. The van der Waals surface area contributed by atoms with Gasteiger partial charge in [0.25, 0.3) is 5.91 Å². The van der Waals surface area contributed by atoms with Gasteiger partial charge in [0.2, 0.25) is 0 Å². The number of amides is 1. The van der Waals surface area contributed by atoms with Crippen LogP contribution in [0.5, 0.6) is 0 Å². The van der Waals surface area contributed by atoms with Crippen LogP contribution in [-0.2, 0) is 27.2 Å². The molecule has 1 amide bonds. The maximum Gasteiger partial charge on any atom is 0.384 e. The lowest BCUT2D eigenvalue weighted by Crippen LogP contribution is -2.24. The highest BCUT2D eigenvalue weighted by molar-refractivity contribution is 7.79. The van der Waals surface area contributed by atoms with Crippen LogP contribution in [0.3, 0.4) is 0 Å². The number of esters is 1. The van der Waals surface area contributed by atoms with Gasteiger partial charge in [-0.05, 0) is 28.8 Å². The van der Waals surface area contributed by atoms with E-state index in [-0.39, 0.29) is 23.7 Å². The minimum Gasteiger partial charge on any atom is -0.768 e. The van der Waals surface area contributed by atoms with Gasteiger partial charge in [-0.3, -0.25) is 9.00 Å². The summed E-state index contributed by atoms with van der Waals surface area (Å²) >= 11 is -2.40. The summed E-state index contributed by atoms with van der Waals surface area (Å²) in [6, 6.07) is 11.7. The van der Waals surface area contributed by atoms with Crippen LogP contribution in [0.15, 0.2) is 53.6 Å². The molecule has 1 aromatic heterocycles. The van der Waals surface area contributed by atoms with Crippen molar-refractivity contribution in [2.24, 2.45) is 0 Å². The molecule has 7 nitrogen and oxygen atoms in total. The Labute approximate surface area is 146 Å². The number of hydrogen-bond donors (Lipinski definition) is 1. The lowest BCUT2D eigenvalue weighted by molar-refractivity contribution is -0.137. The van der Waals surface area contributed by atoms with Gasteiger partial charge in [0, 0.05) is 17.0 Å². The molecule has 2 aromatic rings. The van der Waals surface area contributed by atoms with Crippen molar-refractivity contribution in [2.45, 2.75) is 11.5 Å². The number of benzene rings is 1. The number of hydrogen-bond acceptors (Lipinski definition) is 6. The second kappa shape index (κ2) is 9.32. The molecular formula is C17H13N2O5S-. The van der Waals surface area contributed by atoms with E-state index in [1.54, 1.807) is 0 Å². The molecule has 0 spiro atoms. The minimum absolute atomic E-state index is 0.0162. The van der Waals surface area contributed by atoms with E-state index in [0.717, 1.165) is 11.8 Å². The van der Waals surface area contributed by atoms with Gasteiger partial charge >= 0.3 is 5.97 Å². The zero-order chi connectivity index (χ0) is 18.1. The molecule has 0 radical (unpaired) electrons. The second-order valence-electron chi connectivity index (χ2n) is 4.66. The first-order valence-electron chi connectivity index (χ1n) is 7.09. The van der Waals surface area contributed by atoms with E-state index in [9.17, 15) is 18.4 Å². The Morgan fingerprint density at radius 2 is 1.96 bits per heavy atom. The van der Waals surface area contributed by atoms with Crippen LogP contribution in [0.25, 0.3) is 0 Å². The van der Waals surface area contributed by atoms with Gasteiger partial charge in [-0.25, -0.2) is 9.78 Å². The summed E-state index contributed by atoms with van der Waals surface area (Å²) in [6.45, 7) is 0.0499. The predicted molar refractivity (Wildman–Crippen MR) is 87.8 cm³/mol. The Bertz CT molecular complexity index is 826. The van der Waals surface area contributed by atoms with Gasteiger partial charge in [0.05, 0.1) is 6.54 Å². The smallest absolute Gasteiger partial charge is 0.384 e. The standard InChI is InChI=1S/C17H14N2O5S/c20-16(24-12-13-5-2-1-3-6-13)7-4-10-18-17(21)15-9-8-14(11-19-15)25(22)23/h1-3,5-6,8-9,11H,10,12H2,(H,18,21)(H,22,23)/p-1. The first kappa shape index (κ1) is 18.3. The number of aromatic nitrogens is 1.